The molecule has 0 unspecified atom stereocenters. The molecule has 0 saturated heterocycles. The molecule has 6 nitrogen and oxygen atoms in total. The molecule has 0 spiro atoms. The van der Waals surface area contributed by atoms with Crippen molar-refractivity contribution in [1.29, 1.82) is 0 Å². The average Bonchev–Trinajstić information content (AvgIpc) is 2.88. The molecule has 7 heteroatoms. The maximum Gasteiger partial charge on any atom is 0.0739 e. The first-order chi connectivity index (χ1) is 18.0. The summed E-state index contributed by atoms with van der Waals surface area (Å²) in [5.41, 5.74) is 11.5. The van der Waals surface area contributed by atoms with Crippen molar-refractivity contribution in [2.75, 3.05) is 19.6 Å². The van der Waals surface area contributed by atoms with Crippen LogP contribution in [0.2, 0.25) is 0 Å². The minimum absolute atomic E-state index is 1.12. The topological polar surface area (TPSA) is 152 Å². The van der Waals surface area contributed by atoms with Gasteiger partial charge in [0.1, 0.15) is 0 Å². The number of hydrogen-bond acceptors (Lipinski definition) is 3. The molecule has 0 amide bonds. The zero-order valence-corrected chi connectivity index (χ0v) is 26.8. The summed E-state index contributed by atoms with van der Waals surface area (Å²) in [4.78, 5) is 25.4. The van der Waals surface area contributed by atoms with E-state index in [2.05, 4.69) is 38.0 Å². The molecule has 0 bridgehead atoms. The molecule has 0 radical (unpaired) electrons. The monoisotopic (exact) mass is 554 g/mol. The lowest BCUT2D eigenvalue weighted by Crippen LogP contribution is -2.50. The highest BCUT2D eigenvalue weighted by Crippen LogP contribution is 2.09. The Labute approximate surface area is 235 Å². The fraction of sp³-hybridized carbons (Fsp3) is 1.00. The molecule has 0 heterocycles. The van der Waals surface area contributed by atoms with Crippen LogP contribution in [-0.2, 0) is 0 Å². The Morgan fingerprint density at radius 1 is 0.324 bits per heavy atom. The number of quaternary nitrogens is 3. The van der Waals surface area contributed by atoms with E-state index < -0.39 is 8.60 Å². The van der Waals surface area contributed by atoms with Gasteiger partial charge in [-0.1, -0.05) is 136 Å². The third kappa shape index (κ3) is 72.3. The maximum atomic E-state index is 8.48. The molecule has 0 aromatic heterocycles. The van der Waals surface area contributed by atoms with Gasteiger partial charge in [-0.2, -0.15) is 0 Å². The van der Waals surface area contributed by atoms with Crippen molar-refractivity contribution >= 4 is 8.60 Å². The van der Waals surface area contributed by atoms with Crippen LogP contribution in [0.1, 0.15) is 175 Å². The van der Waals surface area contributed by atoms with E-state index in [1.165, 1.54) is 154 Å². The predicted molar refractivity (Wildman–Crippen MR) is 158 cm³/mol. The van der Waals surface area contributed by atoms with Gasteiger partial charge in [-0.25, -0.2) is 0 Å². The van der Waals surface area contributed by atoms with E-state index >= 15 is 0 Å². The summed E-state index contributed by atoms with van der Waals surface area (Å²) in [6.45, 7) is 10.2. The molecule has 0 aromatic rings. The first-order valence-corrected chi connectivity index (χ1v) is 17.3. The molecule has 0 fully saturated rings. The second kappa shape index (κ2) is 49.2. The molecule has 0 aromatic carbocycles. The summed E-state index contributed by atoms with van der Waals surface area (Å²) in [6.07, 6.45) is 33.8. The molecule has 230 valence electrons. The number of rotatable bonds is 24. The summed E-state index contributed by atoms with van der Waals surface area (Å²) in [5.74, 6) is 0. The Balaban J connectivity index is -0.000000205. The van der Waals surface area contributed by atoms with Gasteiger partial charge in [-0.3, -0.25) is 0 Å². The molecule has 0 aliphatic heterocycles. The highest BCUT2D eigenvalue weighted by molar-refractivity contribution is 7.33. The van der Waals surface area contributed by atoms with E-state index in [0.717, 1.165) is 19.6 Å². The van der Waals surface area contributed by atoms with Crippen molar-refractivity contribution in [3.8, 4) is 0 Å². The molecular formula is C30H72N3O3P. The van der Waals surface area contributed by atoms with Gasteiger partial charge in [0.2, 0.25) is 0 Å². The predicted octanol–water partition coefficient (Wildman–Crippen LogP) is 4.40. The minimum atomic E-state index is -3.37. The second-order valence-electron chi connectivity index (χ2n) is 10.2. The van der Waals surface area contributed by atoms with Crippen LogP contribution in [0.25, 0.3) is 0 Å². The molecule has 0 rings (SSSR count). The van der Waals surface area contributed by atoms with Crippen LogP contribution < -0.4 is 31.9 Å². The SMILES string of the molecule is CCCCCCCCCC[NH3+].CCCCCCCCCC[NH3+].CCCCCCCCCC[NH3+].[O-]P([O-])[O-]. The number of unbranched alkanes of at least 4 members (excludes halogenated alkanes) is 21. The highest BCUT2D eigenvalue weighted by Gasteiger charge is 1.91. The van der Waals surface area contributed by atoms with Crippen LogP contribution in [0.15, 0.2) is 0 Å². The Morgan fingerprint density at radius 2 is 0.459 bits per heavy atom. The third-order valence-corrected chi connectivity index (χ3v) is 6.31. The number of hydrogen-bond donors (Lipinski definition) is 3. The summed E-state index contributed by atoms with van der Waals surface area (Å²) in [5, 5.41) is 0. The van der Waals surface area contributed by atoms with Gasteiger partial charge in [0.25, 0.3) is 0 Å². The van der Waals surface area contributed by atoms with Crippen LogP contribution in [0.4, 0.5) is 0 Å². The van der Waals surface area contributed by atoms with Crippen molar-refractivity contribution in [3.63, 3.8) is 0 Å². The normalized spacial score (nSPS) is 10.2. The second-order valence-corrected chi connectivity index (χ2v) is 10.7. The zero-order valence-electron chi connectivity index (χ0n) is 25.9. The third-order valence-electron chi connectivity index (χ3n) is 6.31. The van der Waals surface area contributed by atoms with Gasteiger partial charge in [-0.15, -0.1) is 0 Å². The van der Waals surface area contributed by atoms with Gasteiger partial charge in [-0.05, 0) is 38.5 Å². The van der Waals surface area contributed by atoms with Crippen molar-refractivity contribution < 1.29 is 31.9 Å². The first kappa shape index (κ1) is 44.2. The summed E-state index contributed by atoms with van der Waals surface area (Å²) < 4.78 is 0. The van der Waals surface area contributed by atoms with Crippen LogP contribution in [0.5, 0.6) is 0 Å². The molecule has 37 heavy (non-hydrogen) atoms. The zero-order chi connectivity index (χ0) is 28.7. The van der Waals surface area contributed by atoms with Crippen LogP contribution >= 0.6 is 8.60 Å². The average molecular weight is 554 g/mol. The van der Waals surface area contributed by atoms with E-state index in [1.54, 1.807) is 0 Å². The minimum Gasteiger partial charge on any atom is -0.854 e. The largest absolute Gasteiger partial charge is 0.854 e. The van der Waals surface area contributed by atoms with Gasteiger partial charge in [0.15, 0.2) is 0 Å². The van der Waals surface area contributed by atoms with Gasteiger partial charge < -0.3 is 40.5 Å². The van der Waals surface area contributed by atoms with Crippen molar-refractivity contribution in [1.82, 2.24) is 0 Å². The van der Waals surface area contributed by atoms with E-state index in [4.69, 9.17) is 14.7 Å². The van der Waals surface area contributed by atoms with Gasteiger partial charge in [0, 0.05) is 0 Å². The van der Waals surface area contributed by atoms with Crippen LogP contribution in [0.3, 0.4) is 0 Å². The van der Waals surface area contributed by atoms with Crippen molar-refractivity contribution in [3.05, 3.63) is 0 Å². The van der Waals surface area contributed by atoms with E-state index in [1.807, 2.05) is 0 Å². The van der Waals surface area contributed by atoms with Gasteiger partial charge in [0.05, 0.1) is 19.6 Å². The molecule has 0 aliphatic rings. The van der Waals surface area contributed by atoms with E-state index in [9.17, 15) is 0 Å². The summed E-state index contributed by atoms with van der Waals surface area (Å²) in [7, 11) is -3.37. The van der Waals surface area contributed by atoms with Crippen LogP contribution in [0, 0.1) is 0 Å². The van der Waals surface area contributed by atoms with Crippen molar-refractivity contribution in [2.45, 2.75) is 175 Å². The van der Waals surface area contributed by atoms with E-state index in [0.29, 0.717) is 0 Å². The molecule has 0 aliphatic carbocycles. The maximum absolute atomic E-state index is 8.48. The lowest BCUT2D eigenvalue weighted by Gasteiger charge is -2.39. The Bertz CT molecular complexity index is 259. The van der Waals surface area contributed by atoms with E-state index in [-0.39, 0.29) is 0 Å². The quantitative estimate of drug-likeness (QED) is 0.120. The summed E-state index contributed by atoms with van der Waals surface area (Å²) in [6, 6.07) is 0. The lowest BCUT2D eigenvalue weighted by atomic mass is 10.1. The molecule has 0 atom stereocenters. The summed E-state index contributed by atoms with van der Waals surface area (Å²) >= 11 is 0. The van der Waals surface area contributed by atoms with Gasteiger partial charge >= 0.3 is 0 Å². The Kier molecular flexibility index (Phi) is 58.8. The Morgan fingerprint density at radius 3 is 0.595 bits per heavy atom. The fourth-order valence-electron chi connectivity index (χ4n) is 3.93. The van der Waals surface area contributed by atoms with Crippen LogP contribution in [-0.4, -0.2) is 19.6 Å². The fourth-order valence-corrected chi connectivity index (χ4v) is 3.93. The standard InChI is InChI=1S/3C10H23N.O3P/c3*1-2-3-4-5-6-7-8-9-10-11;1-4(2)3/h3*2-11H2,1H3;/q;;;-3/p+3. The molecular weight excluding hydrogens is 481 g/mol. The highest BCUT2D eigenvalue weighted by atomic mass is 31.2. The van der Waals surface area contributed by atoms with Crippen molar-refractivity contribution in [2.24, 2.45) is 0 Å². The Hall–Kier alpha value is 0.190. The lowest BCUT2D eigenvalue weighted by molar-refractivity contribution is -0.408. The smallest absolute Gasteiger partial charge is 0.0739 e. The molecule has 0 saturated carbocycles. The first-order valence-electron chi connectivity index (χ1n) is 16.2. The molecule has 9 N–H and O–H groups in total.